The van der Waals surface area contributed by atoms with Gasteiger partial charge in [-0.2, -0.15) is 0 Å². The number of hydrogen-bond donors (Lipinski definition) is 1. The topological polar surface area (TPSA) is 37.3 Å². The Bertz CT molecular complexity index is 663. The number of aliphatic hydroxyl groups excluding tert-OH is 1. The summed E-state index contributed by atoms with van der Waals surface area (Å²) >= 11 is 0. The summed E-state index contributed by atoms with van der Waals surface area (Å²) in [4.78, 5) is 12.1. The second-order valence-corrected chi connectivity index (χ2v) is 12.1. The Labute approximate surface area is 178 Å². The van der Waals surface area contributed by atoms with Crippen molar-refractivity contribution in [3.63, 3.8) is 0 Å². The highest BCUT2D eigenvalue weighted by molar-refractivity contribution is 5.91. The summed E-state index contributed by atoms with van der Waals surface area (Å²) in [6.45, 7) is 12.2. The van der Waals surface area contributed by atoms with Crippen LogP contribution in [0.1, 0.15) is 98.8 Å². The van der Waals surface area contributed by atoms with Gasteiger partial charge in [0, 0.05) is 6.42 Å². The highest BCUT2D eigenvalue weighted by Crippen LogP contribution is 2.67. The molecule has 0 radical (unpaired) electrons. The Hall–Kier alpha value is -0.630. The van der Waals surface area contributed by atoms with Crippen molar-refractivity contribution in [1.29, 1.82) is 0 Å². The van der Waals surface area contributed by atoms with Crippen molar-refractivity contribution in [2.24, 2.45) is 46.3 Å². The van der Waals surface area contributed by atoms with Gasteiger partial charge in [-0.3, -0.25) is 4.79 Å². The Morgan fingerprint density at radius 2 is 1.83 bits per heavy atom. The van der Waals surface area contributed by atoms with E-state index in [2.05, 4.69) is 34.6 Å². The molecular formula is C27H44O2. The lowest BCUT2D eigenvalue weighted by Crippen LogP contribution is -2.54. The Morgan fingerprint density at radius 1 is 1.07 bits per heavy atom. The predicted octanol–water partition coefficient (Wildman–Crippen LogP) is 6.57. The third kappa shape index (κ3) is 3.56. The van der Waals surface area contributed by atoms with Crippen molar-refractivity contribution < 1.29 is 9.90 Å². The quantitative estimate of drug-likeness (QED) is 0.567. The first-order valence-corrected chi connectivity index (χ1v) is 12.6. The molecule has 0 aromatic heterocycles. The van der Waals surface area contributed by atoms with Gasteiger partial charge >= 0.3 is 0 Å². The molecule has 164 valence electrons. The van der Waals surface area contributed by atoms with Gasteiger partial charge in [0.05, 0.1) is 6.10 Å². The number of ketones is 1. The second-order valence-electron chi connectivity index (χ2n) is 12.1. The van der Waals surface area contributed by atoms with Crippen LogP contribution < -0.4 is 0 Å². The van der Waals surface area contributed by atoms with Crippen molar-refractivity contribution in [1.82, 2.24) is 0 Å². The smallest absolute Gasteiger partial charge is 0.155 e. The summed E-state index contributed by atoms with van der Waals surface area (Å²) in [6.07, 6.45) is 13.5. The van der Waals surface area contributed by atoms with Crippen molar-refractivity contribution >= 4 is 5.78 Å². The third-order valence-electron chi connectivity index (χ3n) is 10.2. The minimum Gasteiger partial charge on any atom is -0.389 e. The SMILES string of the molecule is CC(C)CCC[C@H](C)[C@H]1CC[C@@H]2[C@@H]3C[C@@H](O)C4=CC(=O)CC[C@]4(C)[C@@H]3CC[C@@]21C. The van der Waals surface area contributed by atoms with Crippen LogP contribution in [0.3, 0.4) is 0 Å². The number of carbonyl (C=O) groups excluding carboxylic acids is 1. The lowest BCUT2D eigenvalue weighted by Gasteiger charge is -2.59. The van der Waals surface area contributed by atoms with E-state index >= 15 is 0 Å². The van der Waals surface area contributed by atoms with Gasteiger partial charge in [-0.05, 0) is 96.5 Å². The van der Waals surface area contributed by atoms with E-state index in [1.54, 1.807) is 0 Å². The molecular weight excluding hydrogens is 356 g/mol. The zero-order chi connectivity index (χ0) is 21.0. The summed E-state index contributed by atoms with van der Waals surface area (Å²) in [5.41, 5.74) is 1.59. The minimum atomic E-state index is -0.393. The lowest BCUT2D eigenvalue weighted by atomic mass is 9.46. The van der Waals surface area contributed by atoms with E-state index < -0.39 is 6.10 Å². The number of fused-ring (bicyclic) bond motifs is 5. The molecule has 0 unspecified atom stereocenters. The molecule has 0 aromatic carbocycles. The molecule has 1 N–H and O–H groups in total. The molecule has 2 heteroatoms. The van der Waals surface area contributed by atoms with Crippen molar-refractivity contribution in [3.05, 3.63) is 11.6 Å². The fraction of sp³-hybridized carbons (Fsp3) is 0.889. The molecule has 3 fully saturated rings. The van der Waals surface area contributed by atoms with Crippen molar-refractivity contribution in [3.8, 4) is 0 Å². The normalized spacial score (nSPS) is 45.4. The summed E-state index contributed by atoms with van der Waals surface area (Å²) < 4.78 is 0. The van der Waals surface area contributed by atoms with Crippen LogP contribution in [-0.2, 0) is 4.79 Å². The van der Waals surface area contributed by atoms with Gasteiger partial charge in [0.2, 0.25) is 0 Å². The first-order chi connectivity index (χ1) is 13.7. The molecule has 0 saturated heterocycles. The molecule has 29 heavy (non-hydrogen) atoms. The van der Waals surface area contributed by atoms with Crippen LogP contribution in [0.5, 0.6) is 0 Å². The maximum absolute atomic E-state index is 12.1. The van der Waals surface area contributed by atoms with E-state index in [9.17, 15) is 9.90 Å². The molecule has 4 aliphatic carbocycles. The standard InChI is InChI=1S/C27H44O2/c1-17(2)7-6-8-18(3)21-9-10-22-20-16-25(29)24-15-19(28)11-13-27(24,5)23(20)12-14-26(21,22)4/h15,17-18,20-23,25,29H,6-14,16H2,1-5H3/t18-,20-,21+,22+,23+,25+,26+,27+/m0/s1. The van der Waals surface area contributed by atoms with E-state index in [0.29, 0.717) is 23.7 Å². The summed E-state index contributed by atoms with van der Waals surface area (Å²) in [7, 11) is 0. The van der Waals surface area contributed by atoms with Crippen molar-refractivity contribution in [2.45, 2.75) is 105 Å². The van der Waals surface area contributed by atoms with Crippen LogP contribution >= 0.6 is 0 Å². The zero-order valence-electron chi connectivity index (χ0n) is 19.5. The molecule has 0 heterocycles. The average Bonchev–Trinajstić information content (AvgIpc) is 3.00. The van der Waals surface area contributed by atoms with Crippen LogP contribution in [0, 0.1) is 46.3 Å². The van der Waals surface area contributed by atoms with Gasteiger partial charge in [-0.1, -0.05) is 53.9 Å². The molecule has 0 aromatic rings. The van der Waals surface area contributed by atoms with Gasteiger partial charge in [-0.15, -0.1) is 0 Å². The molecule has 8 atom stereocenters. The van der Waals surface area contributed by atoms with Gasteiger partial charge < -0.3 is 5.11 Å². The molecule has 2 nitrogen and oxygen atoms in total. The minimum absolute atomic E-state index is 0.0541. The molecule has 0 amide bonds. The number of aliphatic hydroxyl groups is 1. The van der Waals surface area contributed by atoms with E-state index in [-0.39, 0.29) is 11.2 Å². The number of hydrogen-bond acceptors (Lipinski definition) is 2. The summed E-state index contributed by atoms with van der Waals surface area (Å²) in [5, 5.41) is 11.1. The molecule has 4 aliphatic rings. The molecule has 3 saturated carbocycles. The highest BCUT2D eigenvalue weighted by atomic mass is 16.3. The molecule has 0 spiro atoms. The van der Waals surface area contributed by atoms with Crippen LogP contribution in [0.15, 0.2) is 11.6 Å². The van der Waals surface area contributed by atoms with E-state index in [0.717, 1.165) is 42.1 Å². The van der Waals surface area contributed by atoms with Crippen LogP contribution in [0.25, 0.3) is 0 Å². The third-order valence-corrected chi connectivity index (χ3v) is 10.2. The molecule has 0 aliphatic heterocycles. The predicted molar refractivity (Wildman–Crippen MR) is 119 cm³/mol. The highest BCUT2D eigenvalue weighted by Gasteiger charge is 2.60. The fourth-order valence-electron chi connectivity index (χ4n) is 8.63. The number of rotatable bonds is 5. The summed E-state index contributed by atoms with van der Waals surface area (Å²) in [5.74, 6) is 4.81. The van der Waals surface area contributed by atoms with Crippen molar-refractivity contribution in [2.75, 3.05) is 0 Å². The Kier molecular flexibility index (Phi) is 5.82. The van der Waals surface area contributed by atoms with E-state index in [1.807, 2.05) is 6.08 Å². The van der Waals surface area contributed by atoms with Gasteiger partial charge in [0.15, 0.2) is 5.78 Å². The average molecular weight is 401 g/mol. The van der Waals surface area contributed by atoms with Crippen LogP contribution in [-0.4, -0.2) is 17.0 Å². The lowest BCUT2D eigenvalue weighted by molar-refractivity contribution is -0.119. The van der Waals surface area contributed by atoms with Gasteiger partial charge in [0.1, 0.15) is 0 Å². The maximum atomic E-state index is 12.1. The first kappa shape index (κ1) is 21.6. The number of carbonyl (C=O) groups is 1. The monoisotopic (exact) mass is 400 g/mol. The van der Waals surface area contributed by atoms with Crippen LogP contribution in [0.4, 0.5) is 0 Å². The maximum Gasteiger partial charge on any atom is 0.155 e. The van der Waals surface area contributed by atoms with E-state index in [4.69, 9.17) is 0 Å². The Morgan fingerprint density at radius 3 is 2.55 bits per heavy atom. The first-order valence-electron chi connectivity index (χ1n) is 12.6. The van der Waals surface area contributed by atoms with Gasteiger partial charge in [-0.25, -0.2) is 0 Å². The molecule has 4 rings (SSSR count). The van der Waals surface area contributed by atoms with Crippen LogP contribution in [0.2, 0.25) is 0 Å². The molecule has 0 bridgehead atoms. The summed E-state index contributed by atoms with van der Waals surface area (Å²) in [6, 6.07) is 0. The zero-order valence-corrected chi connectivity index (χ0v) is 19.5. The Balaban J connectivity index is 1.53. The van der Waals surface area contributed by atoms with Gasteiger partial charge in [0.25, 0.3) is 0 Å². The fourth-order valence-corrected chi connectivity index (χ4v) is 8.63. The second kappa shape index (κ2) is 7.81. The largest absolute Gasteiger partial charge is 0.389 e. The van der Waals surface area contributed by atoms with E-state index in [1.165, 1.54) is 44.9 Å².